The van der Waals surface area contributed by atoms with Crippen molar-refractivity contribution < 1.29 is 4.79 Å². The average molecular weight is 310 g/mol. The van der Waals surface area contributed by atoms with E-state index in [-0.39, 0.29) is 5.91 Å². The number of hydrogen-bond donors (Lipinski definition) is 0. The second kappa shape index (κ2) is 16.7. The zero-order chi connectivity index (χ0) is 16.5. The lowest BCUT2D eigenvalue weighted by Gasteiger charge is -2.04. The predicted octanol–water partition coefficient (Wildman–Crippen LogP) is 6.72. The van der Waals surface area contributed by atoms with Crippen LogP contribution in [0.5, 0.6) is 0 Å². The molecule has 130 valence electrons. The highest BCUT2D eigenvalue weighted by molar-refractivity contribution is 5.84. The minimum atomic E-state index is 0.0379. The van der Waals surface area contributed by atoms with Gasteiger partial charge in [0.15, 0.2) is 0 Å². The van der Waals surface area contributed by atoms with E-state index in [0.717, 1.165) is 12.3 Å². The molecule has 0 atom stereocenters. The number of unbranched alkanes of at least 4 members (excludes halogenated alkanes) is 11. The van der Waals surface area contributed by atoms with Crippen molar-refractivity contribution in [3.8, 4) is 0 Å². The summed E-state index contributed by atoms with van der Waals surface area (Å²) in [7, 11) is 0. The Labute approximate surface area is 139 Å². The number of carbonyl (C=O) groups is 1. The van der Waals surface area contributed by atoms with Gasteiger partial charge in [-0.1, -0.05) is 90.9 Å². The minimum Gasteiger partial charge on any atom is -0.273 e. The van der Waals surface area contributed by atoms with Gasteiger partial charge in [0.1, 0.15) is 0 Å². The molecule has 0 bridgehead atoms. The van der Waals surface area contributed by atoms with Gasteiger partial charge in [-0.15, -0.1) is 0 Å². The molecule has 22 heavy (non-hydrogen) atoms. The Morgan fingerprint density at radius 1 is 0.773 bits per heavy atom. The molecule has 0 saturated heterocycles. The number of nitrogens with zero attached hydrogens (tertiary/aromatic N) is 1. The van der Waals surface area contributed by atoms with Gasteiger partial charge in [-0.25, -0.2) is 4.99 Å². The largest absolute Gasteiger partial charge is 0.273 e. The SMILES string of the molecule is CC=NC(=O)CCCCCCCCCCCCCCC(C)C. The van der Waals surface area contributed by atoms with E-state index in [1.165, 1.54) is 77.0 Å². The molecule has 0 aliphatic rings. The lowest BCUT2D eigenvalue weighted by molar-refractivity contribution is -0.117. The van der Waals surface area contributed by atoms with Crippen molar-refractivity contribution in [1.82, 2.24) is 0 Å². The molecule has 2 nitrogen and oxygen atoms in total. The maximum Gasteiger partial charge on any atom is 0.245 e. The summed E-state index contributed by atoms with van der Waals surface area (Å²) in [6.45, 7) is 6.43. The van der Waals surface area contributed by atoms with Crippen molar-refractivity contribution >= 4 is 12.1 Å². The fourth-order valence-corrected chi connectivity index (χ4v) is 2.81. The molecule has 0 N–H and O–H groups in total. The van der Waals surface area contributed by atoms with Crippen molar-refractivity contribution in [3.63, 3.8) is 0 Å². The van der Waals surface area contributed by atoms with Crippen LogP contribution in [0.25, 0.3) is 0 Å². The average Bonchev–Trinajstić information content (AvgIpc) is 2.47. The summed E-state index contributed by atoms with van der Waals surface area (Å²) in [6.07, 6.45) is 19.7. The first-order chi connectivity index (χ1) is 10.7. The first-order valence-electron chi connectivity index (χ1n) is 9.68. The third-order valence-corrected chi connectivity index (χ3v) is 4.20. The Kier molecular flexibility index (Phi) is 16.2. The fraction of sp³-hybridized carbons (Fsp3) is 0.900. The Morgan fingerprint density at radius 2 is 1.18 bits per heavy atom. The summed E-state index contributed by atoms with van der Waals surface area (Å²) in [4.78, 5) is 14.9. The van der Waals surface area contributed by atoms with Crippen molar-refractivity contribution in [3.05, 3.63) is 0 Å². The highest BCUT2D eigenvalue weighted by atomic mass is 16.1. The summed E-state index contributed by atoms with van der Waals surface area (Å²) in [6, 6.07) is 0. The molecule has 1 amide bonds. The first-order valence-corrected chi connectivity index (χ1v) is 9.68. The lowest BCUT2D eigenvalue weighted by atomic mass is 10.0. The van der Waals surface area contributed by atoms with Gasteiger partial charge in [-0.3, -0.25) is 4.79 Å². The van der Waals surface area contributed by atoms with Crippen LogP contribution in [0.2, 0.25) is 0 Å². The minimum absolute atomic E-state index is 0.0379. The Balaban J connectivity index is 3.07. The number of carbonyl (C=O) groups excluding carboxylic acids is 1. The number of amides is 1. The third kappa shape index (κ3) is 17.4. The van der Waals surface area contributed by atoms with Gasteiger partial charge < -0.3 is 0 Å². The van der Waals surface area contributed by atoms with E-state index in [4.69, 9.17) is 0 Å². The van der Waals surface area contributed by atoms with Gasteiger partial charge in [0.05, 0.1) is 0 Å². The van der Waals surface area contributed by atoms with E-state index in [0.29, 0.717) is 6.42 Å². The highest BCUT2D eigenvalue weighted by Crippen LogP contribution is 2.14. The van der Waals surface area contributed by atoms with Crippen molar-refractivity contribution in [2.75, 3.05) is 0 Å². The van der Waals surface area contributed by atoms with E-state index >= 15 is 0 Å². The molecular formula is C20H39NO. The molecule has 0 radical (unpaired) electrons. The molecular weight excluding hydrogens is 270 g/mol. The summed E-state index contributed by atoms with van der Waals surface area (Å²) in [5, 5.41) is 0. The van der Waals surface area contributed by atoms with Crippen molar-refractivity contribution in [1.29, 1.82) is 0 Å². The third-order valence-electron chi connectivity index (χ3n) is 4.20. The van der Waals surface area contributed by atoms with Gasteiger partial charge >= 0.3 is 0 Å². The monoisotopic (exact) mass is 309 g/mol. The second-order valence-corrected chi connectivity index (χ2v) is 6.96. The molecule has 0 unspecified atom stereocenters. The van der Waals surface area contributed by atoms with Crippen LogP contribution < -0.4 is 0 Å². The topological polar surface area (TPSA) is 29.4 Å². The molecule has 0 heterocycles. The molecule has 0 aromatic rings. The second-order valence-electron chi connectivity index (χ2n) is 6.96. The van der Waals surface area contributed by atoms with Crippen molar-refractivity contribution in [2.45, 2.75) is 111 Å². The summed E-state index contributed by atoms with van der Waals surface area (Å²) in [5.74, 6) is 0.911. The van der Waals surface area contributed by atoms with E-state index in [2.05, 4.69) is 18.8 Å². The molecule has 0 fully saturated rings. The van der Waals surface area contributed by atoms with Crippen LogP contribution in [0, 0.1) is 5.92 Å². The van der Waals surface area contributed by atoms with E-state index in [9.17, 15) is 4.79 Å². The molecule has 0 spiro atoms. The predicted molar refractivity (Wildman–Crippen MR) is 98.6 cm³/mol. The van der Waals surface area contributed by atoms with Gasteiger partial charge in [-0.2, -0.15) is 0 Å². The van der Waals surface area contributed by atoms with Crippen LogP contribution in [-0.4, -0.2) is 12.1 Å². The lowest BCUT2D eigenvalue weighted by Crippen LogP contribution is -1.92. The van der Waals surface area contributed by atoms with E-state index < -0.39 is 0 Å². The molecule has 0 aromatic carbocycles. The quantitative estimate of drug-likeness (QED) is 0.244. The maximum absolute atomic E-state index is 11.2. The normalized spacial score (nSPS) is 11.6. The smallest absolute Gasteiger partial charge is 0.245 e. The van der Waals surface area contributed by atoms with E-state index in [1.807, 2.05) is 0 Å². The number of hydrogen-bond acceptors (Lipinski definition) is 1. The molecule has 0 saturated carbocycles. The first kappa shape index (κ1) is 21.3. The summed E-state index contributed by atoms with van der Waals surface area (Å²) < 4.78 is 0. The standard InChI is InChI=1S/C20H39NO/c1-4-21-20(22)18-16-14-12-10-8-6-5-7-9-11-13-15-17-19(2)3/h4,19H,5-18H2,1-3H3. The van der Waals surface area contributed by atoms with Crippen LogP contribution in [0.4, 0.5) is 0 Å². The summed E-state index contributed by atoms with van der Waals surface area (Å²) >= 11 is 0. The molecule has 0 aliphatic carbocycles. The van der Waals surface area contributed by atoms with Crippen LogP contribution >= 0.6 is 0 Å². The van der Waals surface area contributed by atoms with Crippen molar-refractivity contribution in [2.24, 2.45) is 10.9 Å². The Morgan fingerprint density at radius 3 is 1.59 bits per heavy atom. The number of rotatable bonds is 15. The summed E-state index contributed by atoms with van der Waals surface area (Å²) in [5.41, 5.74) is 0. The zero-order valence-electron chi connectivity index (χ0n) is 15.4. The Bertz CT molecular complexity index is 271. The van der Waals surface area contributed by atoms with Gasteiger partial charge in [0, 0.05) is 12.6 Å². The number of aliphatic imine (C=N–C) groups is 1. The highest BCUT2D eigenvalue weighted by Gasteiger charge is 1.98. The molecule has 0 aromatic heterocycles. The maximum atomic E-state index is 11.2. The molecule has 2 heteroatoms. The van der Waals surface area contributed by atoms with Crippen LogP contribution in [0.15, 0.2) is 4.99 Å². The van der Waals surface area contributed by atoms with Gasteiger partial charge in [-0.05, 0) is 19.3 Å². The van der Waals surface area contributed by atoms with Gasteiger partial charge in [0.25, 0.3) is 0 Å². The van der Waals surface area contributed by atoms with E-state index in [1.54, 1.807) is 13.1 Å². The zero-order valence-corrected chi connectivity index (χ0v) is 15.4. The van der Waals surface area contributed by atoms with Crippen LogP contribution in [0.3, 0.4) is 0 Å². The van der Waals surface area contributed by atoms with Crippen LogP contribution in [0.1, 0.15) is 111 Å². The molecule has 0 aliphatic heterocycles. The van der Waals surface area contributed by atoms with Crippen LogP contribution in [-0.2, 0) is 4.79 Å². The molecule has 0 rings (SSSR count). The fourth-order valence-electron chi connectivity index (χ4n) is 2.81. The van der Waals surface area contributed by atoms with Gasteiger partial charge in [0.2, 0.25) is 5.91 Å². The Hall–Kier alpha value is -0.660.